The molecule has 0 aromatic heterocycles. The van der Waals surface area contributed by atoms with Crippen LogP contribution in [0, 0.1) is 0 Å². The Labute approximate surface area is 192 Å². The van der Waals surface area contributed by atoms with E-state index in [0.29, 0.717) is 0 Å². The molecule has 16 nitrogen and oxygen atoms in total. The molecule has 0 spiro atoms. The first-order valence-electron chi connectivity index (χ1n) is 10.6. The fraction of sp³-hybridized carbons (Fsp3) is 1.00. The summed E-state index contributed by atoms with van der Waals surface area (Å²) in [6, 6.07) is 0. The molecule has 3 rings (SSSR count). The molecule has 11 N–H and O–H groups in total. The zero-order chi connectivity index (χ0) is 25.4. The van der Waals surface area contributed by atoms with Crippen LogP contribution in [0.4, 0.5) is 0 Å². The lowest BCUT2D eigenvalue weighted by molar-refractivity contribution is -0.388. The van der Waals surface area contributed by atoms with Crippen LogP contribution < -0.4 is 0 Å². The molecule has 3 saturated heterocycles. The average Bonchev–Trinajstić information content (AvgIpc) is 3.08. The molecule has 14 atom stereocenters. The molecule has 0 bridgehead atoms. The molecule has 0 saturated carbocycles. The summed E-state index contributed by atoms with van der Waals surface area (Å²) in [5.74, 6) is -2.36. The number of aliphatic hydroxyl groups excluding tert-OH is 11. The number of rotatable bonds is 8. The second-order valence-electron chi connectivity index (χ2n) is 8.41. The Balaban J connectivity index is 1.69. The topological polar surface area (TPSA) is 269 Å². The van der Waals surface area contributed by atoms with Gasteiger partial charge in [0, 0.05) is 0 Å². The molecule has 3 heterocycles. The van der Waals surface area contributed by atoms with Gasteiger partial charge in [-0.25, -0.2) is 0 Å². The quantitative estimate of drug-likeness (QED) is 0.146. The van der Waals surface area contributed by atoms with Crippen LogP contribution in [0.2, 0.25) is 0 Å². The van der Waals surface area contributed by atoms with Gasteiger partial charge in [-0.3, -0.25) is 0 Å². The summed E-state index contributed by atoms with van der Waals surface area (Å²) in [6.07, 6.45) is -21.8. The maximum absolute atomic E-state index is 10.3. The van der Waals surface area contributed by atoms with Gasteiger partial charge < -0.3 is 79.9 Å². The predicted octanol–water partition coefficient (Wildman–Crippen LogP) is -7.57. The third-order valence-electron chi connectivity index (χ3n) is 6.16. The van der Waals surface area contributed by atoms with E-state index in [4.69, 9.17) is 23.7 Å². The molecule has 200 valence electrons. The van der Waals surface area contributed by atoms with E-state index in [9.17, 15) is 56.2 Å². The van der Waals surface area contributed by atoms with Crippen LogP contribution >= 0.6 is 0 Å². The van der Waals surface area contributed by atoms with E-state index in [2.05, 4.69) is 0 Å². The van der Waals surface area contributed by atoms with E-state index in [1.54, 1.807) is 0 Å². The molecule has 0 aromatic carbocycles. The molecule has 0 amide bonds. The van der Waals surface area contributed by atoms with Crippen molar-refractivity contribution < 1.29 is 79.9 Å². The summed E-state index contributed by atoms with van der Waals surface area (Å²) in [6.45, 7) is -3.14. The van der Waals surface area contributed by atoms with Crippen LogP contribution in [0.1, 0.15) is 0 Å². The second-order valence-corrected chi connectivity index (χ2v) is 8.41. The molecule has 34 heavy (non-hydrogen) atoms. The summed E-state index contributed by atoms with van der Waals surface area (Å²) in [7, 11) is 0. The minimum atomic E-state index is -2.36. The largest absolute Gasteiger partial charge is 0.394 e. The minimum absolute atomic E-state index is 0.634. The van der Waals surface area contributed by atoms with Crippen LogP contribution in [-0.2, 0) is 23.7 Å². The van der Waals surface area contributed by atoms with Crippen molar-refractivity contribution in [1.29, 1.82) is 0 Å². The Morgan fingerprint density at radius 3 is 1.65 bits per heavy atom. The maximum Gasteiger partial charge on any atom is 0.224 e. The highest BCUT2D eigenvalue weighted by molar-refractivity contribution is 4.98. The van der Waals surface area contributed by atoms with Crippen LogP contribution in [0.5, 0.6) is 0 Å². The normalized spacial score (nSPS) is 52.1. The fourth-order valence-electron chi connectivity index (χ4n) is 4.01. The zero-order valence-corrected chi connectivity index (χ0v) is 17.8. The van der Waals surface area contributed by atoms with Crippen molar-refractivity contribution in [3.8, 4) is 0 Å². The van der Waals surface area contributed by atoms with E-state index in [1.165, 1.54) is 0 Å². The van der Waals surface area contributed by atoms with Gasteiger partial charge >= 0.3 is 0 Å². The first-order chi connectivity index (χ1) is 16.0. The molecule has 5 unspecified atom stereocenters. The van der Waals surface area contributed by atoms with Crippen molar-refractivity contribution in [3.05, 3.63) is 0 Å². The fourth-order valence-corrected chi connectivity index (χ4v) is 4.01. The number of hydrogen-bond donors (Lipinski definition) is 11. The van der Waals surface area contributed by atoms with Gasteiger partial charge in [-0.2, -0.15) is 0 Å². The monoisotopic (exact) mass is 504 g/mol. The minimum Gasteiger partial charge on any atom is -0.394 e. The molecule has 0 radical (unpaired) electrons. The molecule has 0 aromatic rings. The summed E-state index contributed by atoms with van der Waals surface area (Å²) in [4.78, 5) is 0. The molecular weight excluding hydrogens is 472 g/mol. The van der Waals surface area contributed by atoms with Gasteiger partial charge in [-0.15, -0.1) is 0 Å². The summed E-state index contributed by atoms with van der Waals surface area (Å²) in [5.41, 5.74) is 0. The van der Waals surface area contributed by atoms with Gasteiger partial charge in [0.2, 0.25) is 5.79 Å². The Hall–Kier alpha value is -0.640. The van der Waals surface area contributed by atoms with Gasteiger partial charge in [-0.1, -0.05) is 0 Å². The van der Waals surface area contributed by atoms with Crippen molar-refractivity contribution >= 4 is 0 Å². The van der Waals surface area contributed by atoms with Crippen LogP contribution in [-0.4, -0.2) is 168 Å². The van der Waals surface area contributed by atoms with Crippen LogP contribution in [0.25, 0.3) is 0 Å². The van der Waals surface area contributed by atoms with E-state index < -0.39 is 112 Å². The summed E-state index contributed by atoms with van der Waals surface area (Å²) >= 11 is 0. The molecule has 0 aliphatic carbocycles. The van der Waals surface area contributed by atoms with Crippen molar-refractivity contribution in [1.82, 2.24) is 0 Å². The Kier molecular flexibility index (Phi) is 9.18. The predicted molar refractivity (Wildman–Crippen MR) is 101 cm³/mol. The van der Waals surface area contributed by atoms with Gasteiger partial charge in [0.05, 0.1) is 19.8 Å². The van der Waals surface area contributed by atoms with Crippen molar-refractivity contribution in [2.75, 3.05) is 26.4 Å². The van der Waals surface area contributed by atoms with E-state index >= 15 is 0 Å². The Morgan fingerprint density at radius 2 is 1.12 bits per heavy atom. The zero-order valence-electron chi connectivity index (χ0n) is 17.8. The summed E-state index contributed by atoms with van der Waals surface area (Å²) in [5, 5.41) is 109. The number of ether oxygens (including phenoxy) is 5. The summed E-state index contributed by atoms with van der Waals surface area (Å²) < 4.78 is 26.4. The van der Waals surface area contributed by atoms with E-state index in [-0.39, 0.29) is 0 Å². The molecular formula is C18H32O16. The smallest absolute Gasteiger partial charge is 0.224 e. The Bertz CT molecular complexity index is 653. The number of hydrogen-bond acceptors (Lipinski definition) is 16. The van der Waals surface area contributed by atoms with Gasteiger partial charge in [0.15, 0.2) is 12.6 Å². The molecule has 3 aliphatic rings. The molecule has 3 aliphatic heterocycles. The van der Waals surface area contributed by atoms with E-state index in [1.807, 2.05) is 0 Å². The van der Waals surface area contributed by atoms with Crippen LogP contribution in [0.3, 0.4) is 0 Å². The van der Waals surface area contributed by atoms with E-state index in [0.717, 1.165) is 0 Å². The third-order valence-corrected chi connectivity index (χ3v) is 6.16. The number of aliphatic hydroxyl groups is 11. The van der Waals surface area contributed by atoms with Crippen molar-refractivity contribution in [2.24, 2.45) is 0 Å². The lowest BCUT2D eigenvalue weighted by Gasteiger charge is -2.44. The highest BCUT2D eigenvalue weighted by Crippen LogP contribution is 2.36. The average molecular weight is 504 g/mol. The SMILES string of the molecule is OCC1O[C@H](OCC2O[C@H](O[C@]3(CO)O[C@@H](CO)C(O)[C@H]3O)C(O)[C@@H](O)[C@@H]2O)C(O)[C@@H](O)[C@@H]1O. The molecule has 16 heteroatoms. The van der Waals surface area contributed by atoms with Crippen LogP contribution in [0.15, 0.2) is 0 Å². The highest BCUT2D eigenvalue weighted by Gasteiger charge is 2.58. The standard InChI is InChI=1S/C18H32O16/c19-1-5-8(22)11(25)13(27)16(31-5)30-3-7-9(23)12(26)14(28)17(32-7)34-18(4-21)15(29)10(24)6(2-20)33-18/h5-17,19-29H,1-4H2/t5?,6-,7?,8+,9+,10?,11-,12-,13?,14?,15+,16-,17+,18-/m0/s1. The van der Waals surface area contributed by atoms with Gasteiger partial charge in [0.1, 0.15) is 73.8 Å². The first kappa shape index (κ1) is 27.9. The van der Waals surface area contributed by atoms with Crippen molar-refractivity contribution in [3.63, 3.8) is 0 Å². The third kappa shape index (κ3) is 5.09. The second kappa shape index (κ2) is 11.2. The highest BCUT2D eigenvalue weighted by atomic mass is 16.8. The lowest BCUT2D eigenvalue weighted by atomic mass is 9.98. The Morgan fingerprint density at radius 1 is 0.588 bits per heavy atom. The molecule has 3 fully saturated rings. The van der Waals surface area contributed by atoms with Gasteiger partial charge in [0.25, 0.3) is 0 Å². The first-order valence-corrected chi connectivity index (χ1v) is 10.6. The van der Waals surface area contributed by atoms with Gasteiger partial charge in [-0.05, 0) is 0 Å². The lowest BCUT2D eigenvalue weighted by Crippen LogP contribution is -2.63. The maximum atomic E-state index is 10.3. The van der Waals surface area contributed by atoms with Crippen molar-refractivity contribution in [2.45, 2.75) is 85.5 Å².